The Morgan fingerprint density at radius 3 is 2.80 bits per heavy atom. The first-order valence-corrected chi connectivity index (χ1v) is 3.64. The van der Waals surface area contributed by atoms with Gasteiger partial charge in [0.15, 0.2) is 6.23 Å². The lowest BCUT2D eigenvalue weighted by molar-refractivity contribution is 0.0259. The summed E-state index contributed by atoms with van der Waals surface area (Å²) >= 11 is 0. The lowest BCUT2D eigenvalue weighted by atomic mass is 10.1. The summed E-state index contributed by atoms with van der Waals surface area (Å²) in [7, 11) is 0. The fourth-order valence-corrected chi connectivity index (χ4v) is 0.926. The van der Waals surface area contributed by atoms with Crippen molar-refractivity contribution >= 4 is 5.84 Å². The Kier molecular flexibility index (Phi) is 2.27. The van der Waals surface area contributed by atoms with Crippen LogP contribution in [0.3, 0.4) is 0 Å². The van der Waals surface area contributed by atoms with Gasteiger partial charge in [0.05, 0.1) is 0 Å². The molecular formula is C7H14N2O. The summed E-state index contributed by atoms with van der Waals surface area (Å²) in [6.07, 6.45) is 1.03. The van der Waals surface area contributed by atoms with Gasteiger partial charge in [-0.25, -0.2) is 9.83 Å². The molecule has 0 aromatic heterocycles. The molecule has 10 heavy (non-hydrogen) atoms. The Bertz CT molecular complexity index is 143. The number of rotatable bonds is 2. The molecule has 1 rings (SSSR count). The minimum absolute atomic E-state index is 0.0417. The molecule has 1 aliphatic heterocycles. The molecule has 1 heterocycles. The average Bonchev–Trinajstić information content (AvgIpc) is 2.13. The van der Waals surface area contributed by atoms with Crippen LogP contribution in [0.5, 0.6) is 0 Å². The minimum atomic E-state index is 0.0417. The van der Waals surface area contributed by atoms with E-state index in [0.717, 1.165) is 12.3 Å². The molecule has 0 bridgehead atoms. The van der Waals surface area contributed by atoms with E-state index < -0.39 is 0 Å². The normalized spacial score (nSPS) is 24.8. The molecule has 0 saturated heterocycles. The zero-order valence-corrected chi connectivity index (χ0v) is 6.72. The van der Waals surface area contributed by atoms with Gasteiger partial charge in [-0.3, -0.25) is 5.48 Å². The molecule has 0 saturated carbocycles. The van der Waals surface area contributed by atoms with Gasteiger partial charge in [0, 0.05) is 0 Å². The van der Waals surface area contributed by atoms with E-state index in [0.29, 0.717) is 5.92 Å². The number of nitrogens with one attached hydrogen (secondary N) is 1. The van der Waals surface area contributed by atoms with E-state index in [2.05, 4.69) is 24.3 Å². The molecule has 1 unspecified atom stereocenters. The molecule has 0 aliphatic carbocycles. The van der Waals surface area contributed by atoms with Gasteiger partial charge in [-0.2, -0.15) is 0 Å². The first-order valence-electron chi connectivity index (χ1n) is 3.64. The van der Waals surface area contributed by atoms with Gasteiger partial charge in [0.2, 0.25) is 0 Å². The van der Waals surface area contributed by atoms with Crippen LogP contribution in [0.1, 0.15) is 27.2 Å². The topological polar surface area (TPSA) is 33.6 Å². The number of amidine groups is 1. The van der Waals surface area contributed by atoms with Crippen LogP contribution in [0.25, 0.3) is 0 Å². The molecule has 3 nitrogen and oxygen atoms in total. The van der Waals surface area contributed by atoms with Crippen LogP contribution >= 0.6 is 0 Å². The lowest BCUT2D eigenvalue weighted by Crippen LogP contribution is -2.16. The van der Waals surface area contributed by atoms with Gasteiger partial charge in [-0.05, 0) is 19.3 Å². The van der Waals surface area contributed by atoms with E-state index in [4.69, 9.17) is 4.84 Å². The van der Waals surface area contributed by atoms with E-state index in [1.165, 1.54) is 0 Å². The third-order valence-electron chi connectivity index (χ3n) is 1.35. The van der Waals surface area contributed by atoms with Crippen LogP contribution in [-0.2, 0) is 4.84 Å². The number of hydroxylamine groups is 1. The standard InChI is InChI=1S/C7H14N2O/c1-5(2)4-7-8-6(3)9-10-7/h5,7H,4H2,1-3H3,(H,8,9). The highest BCUT2D eigenvalue weighted by Crippen LogP contribution is 2.11. The van der Waals surface area contributed by atoms with E-state index in [9.17, 15) is 0 Å². The zero-order chi connectivity index (χ0) is 7.56. The van der Waals surface area contributed by atoms with Gasteiger partial charge in [-0.15, -0.1) is 0 Å². The van der Waals surface area contributed by atoms with Crippen molar-refractivity contribution in [3.63, 3.8) is 0 Å². The Balaban J connectivity index is 2.31. The van der Waals surface area contributed by atoms with Crippen LogP contribution in [0, 0.1) is 5.92 Å². The Morgan fingerprint density at radius 2 is 2.40 bits per heavy atom. The second-order valence-electron chi connectivity index (χ2n) is 3.02. The molecule has 0 aromatic carbocycles. The maximum absolute atomic E-state index is 5.12. The SMILES string of the molecule is CC1=NC(CC(C)C)ON1. The molecule has 3 heteroatoms. The fraction of sp³-hybridized carbons (Fsp3) is 0.857. The fourth-order valence-electron chi connectivity index (χ4n) is 0.926. The first-order chi connectivity index (χ1) is 4.68. The molecule has 0 spiro atoms. The van der Waals surface area contributed by atoms with Crippen LogP contribution in [0.15, 0.2) is 4.99 Å². The predicted octanol–water partition coefficient (Wildman–Crippen LogP) is 1.31. The van der Waals surface area contributed by atoms with Crippen molar-refractivity contribution in [2.75, 3.05) is 0 Å². The van der Waals surface area contributed by atoms with Crippen molar-refractivity contribution in [3.05, 3.63) is 0 Å². The predicted molar refractivity (Wildman–Crippen MR) is 40.6 cm³/mol. The quantitative estimate of drug-likeness (QED) is 0.630. The van der Waals surface area contributed by atoms with Crippen molar-refractivity contribution < 1.29 is 4.84 Å². The summed E-state index contributed by atoms with van der Waals surface area (Å²) in [5.74, 6) is 1.52. The summed E-state index contributed by atoms with van der Waals surface area (Å²) in [6, 6.07) is 0. The van der Waals surface area contributed by atoms with Crippen LogP contribution in [0.2, 0.25) is 0 Å². The highest BCUT2D eigenvalue weighted by molar-refractivity contribution is 5.79. The number of hydrogen-bond acceptors (Lipinski definition) is 3. The van der Waals surface area contributed by atoms with Crippen molar-refractivity contribution in [1.29, 1.82) is 0 Å². The molecule has 1 N–H and O–H groups in total. The van der Waals surface area contributed by atoms with E-state index in [-0.39, 0.29) is 6.23 Å². The summed E-state index contributed by atoms with van der Waals surface area (Å²) in [6.45, 7) is 6.22. The van der Waals surface area contributed by atoms with E-state index in [1.807, 2.05) is 6.92 Å². The molecule has 1 atom stereocenters. The monoisotopic (exact) mass is 142 g/mol. The van der Waals surface area contributed by atoms with E-state index in [1.54, 1.807) is 0 Å². The Labute approximate surface area is 61.4 Å². The average molecular weight is 142 g/mol. The second-order valence-corrected chi connectivity index (χ2v) is 3.02. The number of hydrogen-bond donors (Lipinski definition) is 1. The van der Waals surface area contributed by atoms with Gasteiger partial charge in [-0.1, -0.05) is 13.8 Å². The molecule has 1 aliphatic rings. The Hall–Kier alpha value is -0.570. The third kappa shape index (κ3) is 1.99. The molecule has 0 amide bonds. The van der Waals surface area contributed by atoms with Gasteiger partial charge in [0.1, 0.15) is 5.84 Å². The number of aliphatic imine (C=N–C) groups is 1. The number of nitrogens with zero attached hydrogens (tertiary/aromatic N) is 1. The highest BCUT2D eigenvalue weighted by Gasteiger charge is 2.15. The largest absolute Gasteiger partial charge is 0.251 e. The smallest absolute Gasteiger partial charge is 0.177 e. The molecule has 0 radical (unpaired) electrons. The third-order valence-corrected chi connectivity index (χ3v) is 1.35. The summed E-state index contributed by atoms with van der Waals surface area (Å²) in [4.78, 5) is 9.33. The van der Waals surface area contributed by atoms with Gasteiger partial charge < -0.3 is 0 Å². The van der Waals surface area contributed by atoms with Gasteiger partial charge >= 0.3 is 0 Å². The second kappa shape index (κ2) is 3.01. The lowest BCUT2D eigenvalue weighted by Gasteiger charge is -2.07. The molecule has 0 fully saturated rings. The summed E-state index contributed by atoms with van der Waals surface area (Å²) in [5, 5.41) is 0. The highest BCUT2D eigenvalue weighted by atomic mass is 16.7. The van der Waals surface area contributed by atoms with Gasteiger partial charge in [0.25, 0.3) is 0 Å². The van der Waals surface area contributed by atoms with Crippen LogP contribution in [-0.4, -0.2) is 12.1 Å². The van der Waals surface area contributed by atoms with Crippen LogP contribution in [0.4, 0.5) is 0 Å². The first kappa shape index (κ1) is 7.54. The van der Waals surface area contributed by atoms with E-state index >= 15 is 0 Å². The molecular weight excluding hydrogens is 128 g/mol. The van der Waals surface area contributed by atoms with Crippen molar-refractivity contribution in [1.82, 2.24) is 5.48 Å². The summed E-state index contributed by atoms with van der Waals surface area (Å²) in [5.41, 5.74) is 2.72. The molecule has 58 valence electrons. The summed E-state index contributed by atoms with van der Waals surface area (Å²) < 4.78 is 0. The zero-order valence-electron chi connectivity index (χ0n) is 6.72. The van der Waals surface area contributed by atoms with Crippen LogP contribution < -0.4 is 5.48 Å². The maximum Gasteiger partial charge on any atom is 0.177 e. The Morgan fingerprint density at radius 1 is 1.70 bits per heavy atom. The minimum Gasteiger partial charge on any atom is -0.251 e. The van der Waals surface area contributed by atoms with Crippen molar-refractivity contribution in [2.24, 2.45) is 10.9 Å². The van der Waals surface area contributed by atoms with Crippen molar-refractivity contribution in [2.45, 2.75) is 33.4 Å². The van der Waals surface area contributed by atoms with Crippen molar-refractivity contribution in [3.8, 4) is 0 Å². The molecule has 0 aromatic rings. The maximum atomic E-state index is 5.12.